The zero-order valence-electron chi connectivity index (χ0n) is 9.23. The van der Waals surface area contributed by atoms with Crippen LogP contribution in [0.1, 0.15) is 6.42 Å². The highest BCUT2D eigenvalue weighted by Crippen LogP contribution is 2.15. The lowest BCUT2D eigenvalue weighted by Crippen LogP contribution is -2.37. The molecule has 84 valence electrons. The van der Waals surface area contributed by atoms with E-state index in [1.807, 2.05) is 21.1 Å². The van der Waals surface area contributed by atoms with Gasteiger partial charge in [-0.05, 0) is 27.6 Å². The Morgan fingerprint density at radius 2 is 1.86 bits per heavy atom. The van der Waals surface area contributed by atoms with Gasteiger partial charge in [0.1, 0.15) is 0 Å². The Kier molecular flexibility index (Phi) is 3.92. The number of hydrogen-bond donors (Lipinski definition) is 0. The standard InChI is InChI=1S/C9H20N2O2S/c1-10(2)5-6-11(3)9-4-7-14(12,13)8-9/h9H,4-8H2,1-3H3. The van der Waals surface area contributed by atoms with Crippen molar-refractivity contribution in [3.05, 3.63) is 0 Å². The molecule has 0 aromatic carbocycles. The molecule has 0 bridgehead atoms. The van der Waals surface area contributed by atoms with Gasteiger partial charge in [0.25, 0.3) is 0 Å². The Morgan fingerprint density at radius 1 is 1.21 bits per heavy atom. The van der Waals surface area contributed by atoms with Crippen LogP contribution in [-0.2, 0) is 9.84 Å². The Hall–Kier alpha value is -0.130. The summed E-state index contributed by atoms with van der Waals surface area (Å²) >= 11 is 0. The average Bonchev–Trinajstić information content (AvgIpc) is 2.41. The molecule has 0 aromatic rings. The van der Waals surface area contributed by atoms with Crippen molar-refractivity contribution >= 4 is 9.84 Å². The molecule has 0 spiro atoms. The first-order valence-electron chi connectivity index (χ1n) is 4.96. The van der Waals surface area contributed by atoms with Crippen molar-refractivity contribution in [3.63, 3.8) is 0 Å². The summed E-state index contributed by atoms with van der Waals surface area (Å²) < 4.78 is 22.5. The molecule has 1 saturated heterocycles. The molecule has 0 N–H and O–H groups in total. The van der Waals surface area contributed by atoms with Gasteiger partial charge in [-0.1, -0.05) is 0 Å². The summed E-state index contributed by atoms with van der Waals surface area (Å²) in [6.45, 7) is 1.92. The fourth-order valence-corrected chi connectivity index (χ4v) is 3.47. The smallest absolute Gasteiger partial charge is 0.151 e. The van der Waals surface area contributed by atoms with Crippen molar-refractivity contribution < 1.29 is 8.42 Å². The second kappa shape index (κ2) is 4.59. The fourth-order valence-electron chi connectivity index (χ4n) is 1.66. The third-order valence-corrected chi connectivity index (χ3v) is 4.48. The van der Waals surface area contributed by atoms with Crippen LogP contribution < -0.4 is 0 Å². The van der Waals surface area contributed by atoms with Crippen LogP contribution in [0.25, 0.3) is 0 Å². The zero-order valence-corrected chi connectivity index (χ0v) is 10.0. The predicted octanol–water partition coefficient (Wildman–Crippen LogP) is -0.333. The van der Waals surface area contributed by atoms with E-state index in [-0.39, 0.29) is 6.04 Å². The van der Waals surface area contributed by atoms with Gasteiger partial charge in [0, 0.05) is 19.1 Å². The monoisotopic (exact) mass is 220 g/mol. The van der Waals surface area contributed by atoms with E-state index in [0.29, 0.717) is 11.5 Å². The summed E-state index contributed by atoms with van der Waals surface area (Å²) in [6.07, 6.45) is 0.798. The highest BCUT2D eigenvalue weighted by atomic mass is 32.2. The molecular formula is C9H20N2O2S. The van der Waals surface area contributed by atoms with Gasteiger partial charge in [-0.15, -0.1) is 0 Å². The van der Waals surface area contributed by atoms with Crippen molar-refractivity contribution in [2.75, 3.05) is 45.7 Å². The molecule has 1 atom stereocenters. The van der Waals surface area contributed by atoms with Crippen LogP contribution in [-0.4, -0.2) is 70.0 Å². The first kappa shape index (κ1) is 11.9. The van der Waals surface area contributed by atoms with E-state index in [0.717, 1.165) is 19.5 Å². The van der Waals surface area contributed by atoms with E-state index in [2.05, 4.69) is 9.80 Å². The SMILES string of the molecule is CN(C)CCN(C)C1CCS(=O)(=O)C1. The Labute approximate surface area is 86.8 Å². The zero-order chi connectivity index (χ0) is 10.8. The lowest BCUT2D eigenvalue weighted by atomic mass is 10.2. The molecule has 0 aliphatic carbocycles. The van der Waals surface area contributed by atoms with Crippen molar-refractivity contribution in [2.45, 2.75) is 12.5 Å². The maximum absolute atomic E-state index is 11.2. The lowest BCUT2D eigenvalue weighted by Gasteiger charge is -2.24. The van der Waals surface area contributed by atoms with Gasteiger partial charge in [-0.2, -0.15) is 0 Å². The van der Waals surface area contributed by atoms with Crippen LogP contribution in [0.4, 0.5) is 0 Å². The molecular weight excluding hydrogens is 200 g/mol. The third kappa shape index (κ3) is 3.55. The van der Waals surface area contributed by atoms with Gasteiger partial charge < -0.3 is 9.80 Å². The minimum atomic E-state index is -2.73. The summed E-state index contributed by atoms with van der Waals surface area (Å²) in [6, 6.07) is 0.236. The molecule has 14 heavy (non-hydrogen) atoms. The van der Waals surface area contributed by atoms with E-state index >= 15 is 0 Å². The van der Waals surface area contributed by atoms with Crippen LogP contribution in [0.3, 0.4) is 0 Å². The number of nitrogens with zero attached hydrogens (tertiary/aromatic N) is 2. The highest BCUT2D eigenvalue weighted by molar-refractivity contribution is 7.91. The molecule has 1 aliphatic heterocycles. The number of hydrogen-bond acceptors (Lipinski definition) is 4. The minimum Gasteiger partial charge on any atom is -0.308 e. The van der Waals surface area contributed by atoms with Crippen LogP contribution in [0.5, 0.6) is 0 Å². The second-order valence-electron chi connectivity index (χ2n) is 4.34. The summed E-state index contributed by atoms with van der Waals surface area (Å²) in [5.74, 6) is 0.709. The summed E-state index contributed by atoms with van der Waals surface area (Å²) in [7, 11) is 3.33. The second-order valence-corrected chi connectivity index (χ2v) is 6.57. The Balaban J connectivity index is 2.36. The van der Waals surface area contributed by atoms with Gasteiger partial charge in [-0.25, -0.2) is 8.42 Å². The van der Waals surface area contributed by atoms with Gasteiger partial charge in [-0.3, -0.25) is 0 Å². The largest absolute Gasteiger partial charge is 0.308 e. The molecule has 1 unspecified atom stereocenters. The van der Waals surface area contributed by atoms with Gasteiger partial charge in [0.15, 0.2) is 9.84 Å². The molecule has 0 aromatic heterocycles. The maximum atomic E-state index is 11.2. The van der Waals surface area contributed by atoms with Gasteiger partial charge in [0.05, 0.1) is 11.5 Å². The van der Waals surface area contributed by atoms with E-state index in [9.17, 15) is 8.42 Å². The summed E-state index contributed by atoms with van der Waals surface area (Å²) in [5, 5.41) is 0. The highest BCUT2D eigenvalue weighted by Gasteiger charge is 2.30. The number of rotatable bonds is 4. The molecule has 5 heteroatoms. The van der Waals surface area contributed by atoms with E-state index < -0.39 is 9.84 Å². The topological polar surface area (TPSA) is 40.6 Å². The Bertz CT molecular complexity index is 275. The first-order valence-corrected chi connectivity index (χ1v) is 6.78. The van der Waals surface area contributed by atoms with Crippen molar-refractivity contribution in [1.29, 1.82) is 0 Å². The maximum Gasteiger partial charge on any atom is 0.151 e. The van der Waals surface area contributed by atoms with Crippen LogP contribution in [0.2, 0.25) is 0 Å². The van der Waals surface area contributed by atoms with Crippen molar-refractivity contribution in [2.24, 2.45) is 0 Å². The molecule has 0 amide bonds. The normalized spacial score (nSPS) is 26.2. The van der Waals surface area contributed by atoms with E-state index in [1.54, 1.807) is 0 Å². The molecule has 4 nitrogen and oxygen atoms in total. The lowest BCUT2D eigenvalue weighted by molar-refractivity contribution is 0.232. The van der Waals surface area contributed by atoms with Gasteiger partial charge in [0.2, 0.25) is 0 Å². The average molecular weight is 220 g/mol. The summed E-state index contributed by atoms with van der Waals surface area (Å²) in [4.78, 5) is 4.27. The quantitative estimate of drug-likeness (QED) is 0.650. The molecule has 0 radical (unpaired) electrons. The number of likely N-dealkylation sites (N-methyl/N-ethyl adjacent to an activating group) is 2. The predicted molar refractivity (Wildman–Crippen MR) is 58.2 cm³/mol. The van der Waals surface area contributed by atoms with Gasteiger partial charge >= 0.3 is 0 Å². The molecule has 1 aliphatic rings. The molecule has 1 rings (SSSR count). The fraction of sp³-hybridized carbons (Fsp3) is 1.00. The van der Waals surface area contributed by atoms with Crippen molar-refractivity contribution in [3.8, 4) is 0 Å². The van der Waals surface area contributed by atoms with Crippen molar-refractivity contribution in [1.82, 2.24) is 9.80 Å². The number of sulfone groups is 1. The summed E-state index contributed by atoms with van der Waals surface area (Å²) in [5.41, 5.74) is 0. The Morgan fingerprint density at radius 3 is 2.29 bits per heavy atom. The van der Waals surface area contributed by atoms with Crippen LogP contribution >= 0.6 is 0 Å². The minimum absolute atomic E-state index is 0.236. The molecule has 1 heterocycles. The molecule has 0 saturated carbocycles. The van der Waals surface area contributed by atoms with Crippen LogP contribution in [0, 0.1) is 0 Å². The molecule has 1 fully saturated rings. The van der Waals surface area contributed by atoms with Crippen LogP contribution in [0.15, 0.2) is 0 Å². The third-order valence-electron chi connectivity index (χ3n) is 2.73. The van der Waals surface area contributed by atoms with E-state index in [4.69, 9.17) is 0 Å². The first-order chi connectivity index (χ1) is 6.41. The van der Waals surface area contributed by atoms with E-state index in [1.165, 1.54) is 0 Å².